The van der Waals surface area contributed by atoms with E-state index >= 15 is 0 Å². The van der Waals surface area contributed by atoms with E-state index in [1.54, 1.807) is 29.2 Å². The average molecular weight is 343 g/mol. The van der Waals surface area contributed by atoms with Crippen LogP contribution >= 0.6 is 0 Å². The molecule has 4 rings (SSSR count). The van der Waals surface area contributed by atoms with Crippen LogP contribution in [0, 0.1) is 5.92 Å². The summed E-state index contributed by atoms with van der Waals surface area (Å²) in [6, 6.07) is 6.90. The summed E-state index contributed by atoms with van der Waals surface area (Å²) in [7, 11) is 1.51. The zero-order valence-electron chi connectivity index (χ0n) is 14.2. The molecular weight excluding hydrogens is 322 g/mol. The molecule has 1 atom stereocenters. The van der Waals surface area contributed by atoms with Crippen LogP contribution in [0.3, 0.4) is 0 Å². The molecule has 132 valence electrons. The molecule has 2 aromatic rings. The predicted molar refractivity (Wildman–Crippen MR) is 92.0 cm³/mol. The summed E-state index contributed by atoms with van der Waals surface area (Å²) in [6.45, 7) is 1.91. The molecule has 0 radical (unpaired) electrons. The molecule has 1 aromatic carbocycles. The quantitative estimate of drug-likeness (QED) is 0.780. The number of likely N-dealkylation sites (tertiary alicyclic amines) is 1. The lowest BCUT2D eigenvalue weighted by atomic mass is 10.1. The minimum Gasteiger partial charge on any atom is -0.493 e. The van der Waals surface area contributed by atoms with E-state index in [9.17, 15) is 9.59 Å². The van der Waals surface area contributed by atoms with Gasteiger partial charge in [-0.2, -0.15) is 0 Å². The van der Waals surface area contributed by atoms with Crippen molar-refractivity contribution >= 4 is 16.9 Å². The monoisotopic (exact) mass is 343 g/mol. The van der Waals surface area contributed by atoms with Crippen molar-refractivity contribution in [2.24, 2.45) is 5.92 Å². The van der Waals surface area contributed by atoms with Crippen LogP contribution in [0.1, 0.15) is 29.6 Å². The van der Waals surface area contributed by atoms with E-state index in [1.165, 1.54) is 20.0 Å². The Morgan fingerprint density at radius 1 is 1.32 bits per heavy atom. The maximum atomic E-state index is 12.7. The summed E-state index contributed by atoms with van der Waals surface area (Å²) in [5.74, 6) is 0.881. The Labute approximate surface area is 145 Å². The van der Waals surface area contributed by atoms with Crippen molar-refractivity contribution < 1.29 is 18.7 Å². The molecule has 1 aromatic heterocycles. The molecule has 2 heterocycles. The third kappa shape index (κ3) is 3.26. The zero-order valence-corrected chi connectivity index (χ0v) is 14.2. The van der Waals surface area contributed by atoms with Gasteiger partial charge in [0.2, 0.25) is 0 Å². The van der Waals surface area contributed by atoms with Gasteiger partial charge in [-0.15, -0.1) is 0 Å². The number of methoxy groups -OCH3 is 1. The minimum atomic E-state index is -0.635. The third-order valence-corrected chi connectivity index (χ3v) is 4.87. The second kappa shape index (κ2) is 6.52. The molecule has 25 heavy (non-hydrogen) atoms. The summed E-state index contributed by atoms with van der Waals surface area (Å²) >= 11 is 0. The van der Waals surface area contributed by atoms with Gasteiger partial charge in [0.1, 0.15) is 5.56 Å². The molecule has 1 saturated carbocycles. The van der Waals surface area contributed by atoms with Crippen molar-refractivity contribution in [3.05, 3.63) is 40.2 Å². The Kier molecular flexibility index (Phi) is 4.21. The number of nitrogens with zero attached hydrogens (tertiary/aromatic N) is 1. The summed E-state index contributed by atoms with van der Waals surface area (Å²) < 4.78 is 16.4. The number of hydrogen-bond acceptors (Lipinski definition) is 5. The predicted octanol–water partition coefficient (Wildman–Crippen LogP) is 2.44. The first-order valence-electron chi connectivity index (χ1n) is 8.67. The highest BCUT2D eigenvalue weighted by molar-refractivity contribution is 5.97. The Bertz CT molecular complexity index is 855. The molecule has 1 aliphatic heterocycles. The second-order valence-corrected chi connectivity index (χ2v) is 6.76. The molecule has 1 amide bonds. The Morgan fingerprint density at radius 3 is 2.92 bits per heavy atom. The van der Waals surface area contributed by atoms with Gasteiger partial charge in [0, 0.05) is 25.1 Å². The normalized spacial score (nSPS) is 20.2. The molecule has 1 aliphatic carbocycles. The van der Waals surface area contributed by atoms with Crippen molar-refractivity contribution in [1.82, 2.24) is 4.90 Å². The first kappa shape index (κ1) is 16.1. The lowest BCUT2D eigenvalue weighted by Gasteiger charge is -2.16. The van der Waals surface area contributed by atoms with Gasteiger partial charge in [-0.05, 0) is 37.3 Å². The standard InChI is InChI=1S/C19H21NO5/c1-23-16-4-2-3-13-9-15(19(22)25-17(13)16)18(21)20-8-7-14(10-20)24-11-12-5-6-12/h2-4,9,12,14H,5-8,10-11H2,1H3. The van der Waals surface area contributed by atoms with Crippen LogP contribution < -0.4 is 10.4 Å². The van der Waals surface area contributed by atoms with E-state index in [-0.39, 0.29) is 17.6 Å². The molecule has 6 nitrogen and oxygen atoms in total. The fraction of sp³-hybridized carbons (Fsp3) is 0.474. The number of para-hydroxylation sites is 1. The second-order valence-electron chi connectivity index (χ2n) is 6.76. The van der Waals surface area contributed by atoms with Crippen LogP contribution in [0.15, 0.2) is 33.5 Å². The van der Waals surface area contributed by atoms with Gasteiger partial charge in [-0.3, -0.25) is 4.79 Å². The molecule has 0 spiro atoms. The van der Waals surface area contributed by atoms with Gasteiger partial charge in [0.05, 0.1) is 13.2 Å². The van der Waals surface area contributed by atoms with Crippen LogP contribution in [-0.4, -0.2) is 43.7 Å². The van der Waals surface area contributed by atoms with E-state index in [0.29, 0.717) is 35.7 Å². The smallest absolute Gasteiger partial charge is 0.349 e. The van der Waals surface area contributed by atoms with E-state index in [0.717, 1.165) is 13.0 Å². The Balaban J connectivity index is 1.53. The van der Waals surface area contributed by atoms with Gasteiger partial charge < -0.3 is 18.8 Å². The first-order chi connectivity index (χ1) is 12.2. The van der Waals surface area contributed by atoms with Crippen molar-refractivity contribution in [3.63, 3.8) is 0 Å². The average Bonchev–Trinajstić information content (AvgIpc) is 3.34. The fourth-order valence-electron chi connectivity index (χ4n) is 3.20. The van der Waals surface area contributed by atoms with E-state index < -0.39 is 5.63 Å². The van der Waals surface area contributed by atoms with Crippen LogP contribution in [-0.2, 0) is 4.74 Å². The van der Waals surface area contributed by atoms with Crippen LogP contribution in [0.4, 0.5) is 0 Å². The number of benzene rings is 1. The van der Waals surface area contributed by atoms with Gasteiger partial charge >= 0.3 is 5.63 Å². The summed E-state index contributed by atoms with van der Waals surface area (Å²) in [5, 5.41) is 0.669. The Hall–Kier alpha value is -2.34. The van der Waals surface area contributed by atoms with Crippen molar-refractivity contribution in [3.8, 4) is 5.75 Å². The van der Waals surface area contributed by atoms with Crippen molar-refractivity contribution in [1.29, 1.82) is 0 Å². The highest BCUT2D eigenvalue weighted by Gasteiger charge is 2.31. The number of carbonyl (C=O) groups is 1. The molecule has 0 N–H and O–H groups in total. The lowest BCUT2D eigenvalue weighted by Crippen LogP contribution is -2.33. The fourth-order valence-corrected chi connectivity index (χ4v) is 3.20. The van der Waals surface area contributed by atoms with Crippen LogP contribution in [0.25, 0.3) is 11.0 Å². The third-order valence-electron chi connectivity index (χ3n) is 4.87. The molecule has 1 unspecified atom stereocenters. The SMILES string of the molecule is COc1cccc2cc(C(=O)N3CCC(OCC4CC4)C3)c(=O)oc12. The maximum Gasteiger partial charge on any atom is 0.349 e. The largest absolute Gasteiger partial charge is 0.493 e. The molecular formula is C19H21NO5. The maximum absolute atomic E-state index is 12.7. The number of carbonyl (C=O) groups excluding carboxylic acids is 1. The summed E-state index contributed by atoms with van der Waals surface area (Å²) in [6.07, 6.45) is 3.37. The van der Waals surface area contributed by atoms with Gasteiger partial charge in [-0.1, -0.05) is 12.1 Å². The summed E-state index contributed by atoms with van der Waals surface area (Å²) in [4.78, 5) is 26.7. The molecule has 0 bridgehead atoms. The zero-order chi connectivity index (χ0) is 17.4. The van der Waals surface area contributed by atoms with Crippen LogP contribution in [0.2, 0.25) is 0 Å². The number of fused-ring (bicyclic) bond motifs is 1. The van der Waals surface area contributed by atoms with E-state index in [1.807, 2.05) is 0 Å². The van der Waals surface area contributed by atoms with Gasteiger partial charge in [0.15, 0.2) is 11.3 Å². The molecule has 2 aliphatic rings. The van der Waals surface area contributed by atoms with Gasteiger partial charge in [0.25, 0.3) is 5.91 Å². The lowest BCUT2D eigenvalue weighted by molar-refractivity contribution is 0.0479. The number of rotatable bonds is 5. The van der Waals surface area contributed by atoms with Gasteiger partial charge in [-0.25, -0.2) is 4.79 Å². The number of hydrogen-bond donors (Lipinski definition) is 0. The molecule has 6 heteroatoms. The van der Waals surface area contributed by atoms with Crippen molar-refractivity contribution in [2.75, 3.05) is 26.8 Å². The van der Waals surface area contributed by atoms with E-state index in [2.05, 4.69) is 0 Å². The summed E-state index contributed by atoms with van der Waals surface area (Å²) in [5.41, 5.74) is -0.216. The number of amides is 1. The van der Waals surface area contributed by atoms with Crippen molar-refractivity contribution in [2.45, 2.75) is 25.4 Å². The Morgan fingerprint density at radius 2 is 2.16 bits per heavy atom. The topological polar surface area (TPSA) is 69.0 Å². The highest BCUT2D eigenvalue weighted by Crippen LogP contribution is 2.30. The van der Waals surface area contributed by atoms with Crippen LogP contribution in [0.5, 0.6) is 5.75 Å². The molecule has 1 saturated heterocycles. The molecule has 2 fully saturated rings. The highest BCUT2D eigenvalue weighted by atomic mass is 16.5. The minimum absolute atomic E-state index is 0.0589. The number of ether oxygens (including phenoxy) is 2. The first-order valence-corrected chi connectivity index (χ1v) is 8.67. The van der Waals surface area contributed by atoms with E-state index in [4.69, 9.17) is 13.9 Å².